The summed E-state index contributed by atoms with van der Waals surface area (Å²) in [6, 6.07) is 0.791. The van der Waals surface area contributed by atoms with Gasteiger partial charge in [-0.1, -0.05) is 6.92 Å². The number of nitrogens with zero attached hydrogens (tertiary/aromatic N) is 1. The van der Waals surface area contributed by atoms with Crippen molar-refractivity contribution < 1.29 is 0 Å². The van der Waals surface area contributed by atoms with Gasteiger partial charge in [0.1, 0.15) is 0 Å². The van der Waals surface area contributed by atoms with Gasteiger partial charge in [0.2, 0.25) is 0 Å². The molecule has 0 spiro atoms. The minimum absolute atomic E-state index is 0. The molecular formula is C8H20Cl2N2. The van der Waals surface area contributed by atoms with E-state index in [-0.39, 0.29) is 24.8 Å². The zero-order valence-corrected chi connectivity index (χ0v) is 9.51. The highest BCUT2D eigenvalue weighted by Gasteiger charge is 2.15. The Hall–Kier alpha value is 0.500. The van der Waals surface area contributed by atoms with E-state index < -0.39 is 0 Å². The molecule has 0 aromatic carbocycles. The first kappa shape index (κ1) is 15.0. The van der Waals surface area contributed by atoms with Crippen LogP contribution < -0.4 is 5.32 Å². The Morgan fingerprint density at radius 1 is 1.42 bits per heavy atom. The van der Waals surface area contributed by atoms with Crippen LogP contribution in [0.4, 0.5) is 0 Å². The standard InChI is InChI=1S/C8H18N2.2ClH/c1-3-10(2)8-5-4-6-9-7-8;;/h8-9H,3-7H2,1-2H3;2*1H/t8-;;/m1../s1. The van der Waals surface area contributed by atoms with Gasteiger partial charge >= 0.3 is 0 Å². The molecule has 0 amide bonds. The summed E-state index contributed by atoms with van der Waals surface area (Å²) in [5.41, 5.74) is 0. The predicted octanol–water partition coefficient (Wildman–Crippen LogP) is 1.53. The summed E-state index contributed by atoms with van der Waals surface area (Å²) in [4.78, 5) is 2.42. The van der Waals surface area contributed by atoms with Crippen molar-refractivity contribution in [1.82, 2.24) is 10.2 Å². The molecule has 0 radical (unpaired) electrons. The van der Waals surface area contributed by atoms with Gasteiger partial charge in [0.25, 0.3) is 0 Å². The van der Waals surface area contributed by atoms with Crippen molar-refractivity contribution >= 4 is 24.8 Å². The van der Waals surface area contributed by atoms with E-state index in [2.05, 4.69) is 24.2 Å². The highest BCUT2D eigenvalue weighted by Crippen LogP contribution is 2.06. The molecule has 1 aliphatic heterocycles. The van der Waals surface area contributed by atoms with Crippen LogP contribution in [0.2, 0.25) is 0 Å². The van der Waals surface area contributed by atoms with Gasteiger partial charge in [-0.2, -0.15) is 0 Å². The maximum atomic E-state index is 3.41. The van der Waals surface area contributed by atoms with Crippen molar-refractivity contribution in [2.24, 2.45) is 0 Å². The van der Waals surface area contributed by atoms with Crippen LogP contribution in [0.5, 0.6) is 0 Å². The summed E-state index contributed by atoms with van der Waals surface area (Å²) >= 11 is 0. The van der Waals surface area contributed by atoms with E-state index in [4.69, 9.17) is 0 Å². The second-order valence-corrected chi connectivity index (χ2v) is 3.07. The number of piperidine rings is 1. The molecule has 1 heterocycles. The fourth-order valence-electron chi connectivity index (χ4n) is 1.47. The van der Waals surface area contributed by atoms with Gasteiger partial charge in [-0.15, -0.1) is 24.8 Å². The van der Waals surface area contributed by atoms with E-state index >= 15 is 0 Å². The molecule has 1 rings (SSSR count). The molecule has 76 valence electrons. The van der Waals surface area contributed by atoms with E-state index in [9.17, 15) is 0 Å². The van der Waals surface area contributed by atoms with Crippen molar-refractivity contribution in [2.75, 3.05) is 26.7 Å². The average Bonchev–Trinajstić information content (AvgIpc) is 2.05. The molecule has 4 heteroatoms. The number of hydrogen-bond donors (Lipinski definition) is 1. The van der Waals surface area contributed by atoms with Crippen LogP contribution in [-0.2, 0) is 0 Å². The second kappa shape index (κ2) is 8.11. The normalized spacial score (nSPS) is 22.8. The van der Waals surface area contributed by atoms with Crippen molar-refractivity contribution in [3.63, 3.8) is 0 Å². The monoisotopic (exact) mass is 214 g/mol. The van der Waals surface area contributed by atoms with Gasteiger partial charge in [0, 0.05) is 12.6 Å². The Kier molecular flexibility index (Phi) is 10.1. The van der Waals surface area contributed by atoms with Crippen molar-refractivity contribution in [2.45, 2.75) is 25.8 Å². The first-order valence-corrected chi connectivity index (χ1v) is 4.25. The zero-order chi connectivity index (χ0) is 7.40. The SMILES string of the molecule is CCN(C)[C@@H]1CCCNC1.Cl.Cl. The van der Waals surface area contributed by atoms with Crippen molar-refractivity contribution in [3.8, 4) is 0 Å². The summed E-state index contributed by atoms with van der Waals surface area (Å²) in [5.74, 6) is 0. The van der Waals surface area contributed by atoms with E-state index in [1.807, 2.05) is 0 Å². The number of hydrogen-bond acceptors (Lipinski definition) is 2. The first-order chi connectivity index (χ1) is 4.84. The van der Waals surface area contributed by atoms with Crippen LogP contribution in [-0.4, -0.2) is 37.6 Å². The number of halogens is 2. The van der Waals surface area contributed by atoms with Crippen LogP contribution in [0.15, 0.2) is 0 Å². The lowest BCUT2D eigenvalue weighted by Crippen LogP contribution is -2.43. The summed E-state index contributed by atoms with van der Waals surface area (Å²) in [6.45, 7) is 5.79. The number of likely N-dealkylation sites (N-methyl/N-ethyl adjacent to an activating group) is 1. The molecular weight excluding hydrogens is 195 g/mol. The molecule has 0 aromatic heterocycles. The molecule has 0 unspecified atom stereocenters. The third-order valence-corrected chi connectivity index (χ3v) is 2.39. The third kappa shape index (κ3) is 4.51. The number of nitrogens with one attached hydrogen (secondary N) is 1. The van der Waals surface area contributed by atoms with E-state index in [1.54, 1.807) is 0 Å². The van der Waals surface area contributed by atoms with E-state index in [1.165, 1.54) is 32.5 Å². The molecule has 0 aromatic rings. The predicted molar refractivity (Wildman–Crippen MR) is 58.7 cm³/mol. The van der Waals surface area contributed by atoms with Gasteiger partial charge in [0.05, 0.1) is 0 Å². The number of rotatable bonds is 2. The molecule has 0 aliphatic carbocycles. The summed E-state index contributed by atoms with van der Waals surface area (Å²) in [5, 5.41) is 3.41. The van der Waals surface area contributed by atoms with Crippen LogP contribution in [0.3, 0.4) is 0 Å². The lowest BCUT2D eigenvalue weighted by molar-refractivity contribution is 0.212. The van der Waals surface area contributed by atoms with Crippen molar-refractivity contribution in [3.05, 3.63) is 0 Å². The topological polar surface area (TPSA) is 15.3 Å². The smallest absolute Gasteiger partial charge is 0.0217 e. The fraction of sp³-hybridized carbons (Fsp3) is 1.00. The molecule has 2 nitrogen and oxygen atoms in total. The average molecular weight is 215 g/mol. The molecule has 1 atom stereocenters. The molecule has 12 heavy (non-hydrogen) atoms. The van der Waals surface area contributed by atoms with Gasteiger partial charge in [-0.05, 0) is 33.0 Å². The highest BCUT2D eigenvalue weighted by molar-refractivity contribution is 5.85. The highest BCUT2D eigenvalue weighted by atomic mass is 35.5. The van der Waals surface area contributed by atoms with Crippen LogP contribution in [0.1, 0.15) is 19.8 Å². The Morgan fingerprint density at radius 3 is 2.50 bits per heavy atom. The van der Waals surface area contributed by atoms with Crippen LogP contribution in [0.25, 0.3) is 0 Å². The molecule has 0 saturated carbocycles. The largest absolute Gasteiger partial charge is 0.315 e. The maximum Gasteiger partial charge on any atom is 0.0217 e. The Morgan fingerprint density at radius 2 is 2.08 bits per heavy atom. The molecule has 0 bridgehead atoms. The fourth-order valence-corrected chi connectivity index (χ4v) is 1.47. The summed E-state index contributed by atoms with van der Waals surface area (Å²) in [6.07, 6.45) is 2.71. The minimum atomic E-state index is 0. The van der Waals surface area contributed by atoms with Crippen LogP contribution >= 0.6 is 24.8 Å². The first-order valence-electron chi connectivity index (χ1n) is 4.25. The summed E-state index contributed by atoms with van der Waals surface area (Å²) in [7, 11) is 2.21. The van der Waals surface area contributed by atoms with Gasteiger partial charge in [-0.3, -0.25) is 0 Å². The second-order valence-electron chi connectivity index (χ2n) is 3.07. The third-order valence-electron chi connectivity index (χ3n) is 2.39. The molecule has 1 aliphatic rings. The zero-order valence-electron chi connectivity index (χ0n) is 7.88. The maximum absolute atomic E-state index is 3.41. The van der Waals surface area contributed by atoms with Gasteiger partial charge < -0.3 is 10.2 Å². The van der Waals surface area contributed by atoms with Crippen molar-refractivity contribution in [1.29, 1.82) is 0 Å². The molecule has 1 N–H and O–H groups in total. The van der Waals surface area contributed by atoms with Gasteiger partial charge in [0.15, 0.2) is 0 Å². The Bertz CT molecular complexity index is 95.1. The summed E-state index contributed by atoms with van der Waals surface area (Å²) < 4.78 is 0. The Balaban J connectivity index is 0. The molecule has 1 saturated heterocycles. The van der Waals surface area contributed by atoms with E-state index in [0.717, 1.165) is 6.04 Å². The lowest BCUT2D eigenvalue weighted by atomic mass is 10.1. The quantitative estimate of drug-likeness (QED) is 0.751. The van der Waals surface area contributed by atoms with Gasteiger partial charge in [-0.25, -0.2) is 0 Å². The van der Waals surface area contributed by atoms with Crippen LogP contribution in [0, 0.1) is 0 Å². The lowest BCUT2D eigenvalue weighted by Gasteiger charge is -2.30. The van der Waals surface area contributed by atoms with E-state index in [0.29, 0.717) is 0 Å². The molecule has 1 fully saturated rings. The Labute approximate surface area is 87.9 Å². The minimum Gasteiger partial charge on any atom is -0.315 e.